The van der Waals surface area contributed by atoms with Crippen molar-refractivity contribution in [3.05, 3.63) is 0 Å². The van der Waals surface area contributed by atoms with Crippen LogP contribution < -0.4 is 0 Å². The summed E-state index contributed by atoms with van der Waals surface area (Å²) >= 11 is 0. The molecular weight excluding hydrogens is 182 g/mol. The zero-order chi connectivity index (χ0) is 11.0. The van der Waals surface area contributed by atoms with E-state index in [2.05, 4.69) is 13.8 Å². The minimum absolute atomic E-state index is 0.107. The fourth-order valence-corrected chi connectivity index (χ4v) is 1.12. The van der Waals surface area contributed by atoms with E-state index in [1.807, 2.05) is 4.90 Å². The molecule has 4 nitrogen and oxygen atoms in total. The highest BCUT2D eigenvalue weighted by atomic mass is 16.5. The molecule has 0 saturated carbocycles. The standard InChI is InChI=1S/C10H21NO3/c1-9(2)4-5-11(6-7-14-3)8-10(12)13/h9H,4-8H2,1-3H3,(H,12,13). The van der Waals surface area contributed by atoms with Gasteiger partial charge in [-0.25, -0.2) is 0 Å². The zero-order valence-electron chi connectivity index (χ0n) is 9.32. The number of nitrogens with zero attached hydrogens (tertiary/aromatic N) is 1. The molecule has 1 N–H and O–H groups in total. The van der Waals surface area contributed by atoms with E-state index in [4.69, 9.17) is 9.84 Å². The van der Waals surface area contributed by atoms with E-state index in [1.165, 1.54) is 0 Å². The lowest BCUT2D eigenvalue weighted by molar-refractivity contribution is -0.138. The SMILES string of the molecule is COCCN(CCC(C)C)CC(=O)O. The van der Waals surface area contributed by atoms with Crippen LogP contribution in [0.4, 0.5) is 0 Å². The first-order chi connectivity index (χ1) is 6.56. The van der Waals surface area contributed by atoms with Gasteiger partial charge in [0, 0.05) is 13.7 Å². The van der Waals surface area contributed by atoms with Gasteiger partial charge in [-0.3, -0.25) is 9.69 Å². The molecule has 0 heterocycles. The Morgan fingerprint density at radius 1 is 1.43 bits per heavy atom. The number of hydrogen-bond acceptors (Lipinski definition) is 3. The second kappa shape index (κ2) is 7.76. The van der Waals surface area contributed by atoms with E-state index in [0.717, 1.165) is 13.0 Å². The molecule has 0 rings (SSSR count). The Hall–Kier alpha value is -0.610. The summed E-state index contributed by atoms with van der Waals surface area (Å²) in [6.45, 7) is 6.48. The Kier molecular flexibility index (Phi) is 7.42. The first-order valence-electron chi connectivity index (χ1n) is 4.99. The first kappa shape index (κ1) is 13.4. The van der Waals surface area contributed by atoms with Gasteiger partial charge in [0.2, 0.25) is 0 Å². The van der Waals surface area contributed by atoms with Crippen molar-refractivity contribution < 1.29 is 14.6 Å². The molecule has 0 spiro atoms. The Morgan fingerprint density at radius 2 is 2.07 bits per heavy atom. The highest BCUT2D eigenvalue weighted by Crippen LogP contribution is 2.01. The van der Waals surface area contributed by atoms with Gasteiger partial charge in [0.05, 0.1) is 13.2 Å². The van der Waals surface area contributed by atoms with Crippen LogP contribution in [0.25, 0.3) is 0 Å². The molecule has 14 heavy (non-hydrogen) atoms. The smallest absolute Gasteiger partial charge is 0.317 e. The third-order valence-electron chi connectivity index (χ3n) is 1.99. The topological polar surface area (TPSA) is 49.8 Å². The molecule has 0 aromatic rings. The van der Waals surface area contributed by atoms with Crippen molar-refractivity contribution in [2.24, 2.45) is 5.92 Å². The number of ether oxygens (including phenoxy) is 1. The Bertz CT molecular complexity index is 159. The van der Waals surface area contributed by atoms with Crippen LogP contribution in [0.15, 0.2) is 0 Å². The fraction of sp³-hybridized carbons (Fsp3) is 0.900. The summed E-state index contributed by atoms with van der Waals surface area (Å²) in [5, 5.41) is 8.67. The largest absolute Gasteiger partial charge is 0.480 e. The van der Waals surface area contributed by atoms with Gasteiger partial charge in [0.25, 0.3) is 0 Å². The maximum Gasteiger partial charge on any atom is 0.317 e. The summed E-state index contributed by atoms with van der Waals surface area (Å²) in [4.78, 5) is 12.4. The second-order valence-electron chi connectivity index (χ2n) is 3.85. The van der Waals surface area contributed by atoms with Crippen LogP contribution in [0.1, 0.15) is 20.3 Å². The van der Waals surface area contributed by atoms with E-state index < -0.39 is 5.97 Å². The van der Waals surface area contributed by atoms with Gasteiger partial charge in [-0.2, -0.15) is 0 Å². The van der Waals surface area contributed by atoms with Crippen molar-refractivity contribution in [2.45, 2.75) is 20.3 Å². The van der Waals surface area contributed by atoms with E-state index in [-0.39, 0.29) is 6.54 Å². The van der Waals surface area contributed by atoms with Crippen molar-refractivity contribution in [3.63, 3.8) is 0 Å². The molecule has 0 aliphatic heterocycles. The predicted octanol–water partition coefficient (Wildman–Crippen LogP) is 1.07. The van der Waals surface area contributed by atoms with Crippen molar-refractivity contribution in [3.8, 4) is 0 Å². The molecule has 4 heteroatoms. The number of methoxy groups -OCH3 is 1. The van der Waals surface area contributed by atoms with Gasteiger partial charge in [-0.15, -0.1) is 0 Å². The number of aliphatic carboxylic acids is 1. The van der Waals surface area contributed by atoms with Crippen LogP contribution in [-0.4, -0.2) is 49.3 Å². The average molecular weight is 203 g/mol. The maximum absolute atomic E-state index is 10.5. The predicted molar refractivity (Wildman–Crippen MR) is 55.4 cm³/mol. The fourth-order valence-electron chi connectivity index (χ4n) is 1.12. The summed E-state index contributed by atoms with van der Waals surface area (Å²) in [6, 6.07) is 0. The highest BCUT2D eigenvalue weighted by Gasteiger charge is 2.09. The minimum Gasteiger partial charge on any atom is -0.480 e. The van der Waals surface area contributed by atoms with Crippen molar-refractivity contribution >= 4 is 5.97 Å². The van der Waals surface area contributed by atoms with Crippen molar-refractivity contribution in [1.29, 1.82) is 0 Å². The number of carbonyl (C=O) groups is 1. The molecule has 84 valence electrons. The number of carboxylic acids is 1. The van der Waals surface area contributed by atoms with Gasteiger partial charge in [-0.05, 0) is 18.9 Å². The third-order valence-corrected chi connectivity index (χ3v) is 1.99. The second-order valence-corrected chi connectivity index (χ2v) is 3.85. The zero-order valence-corrected chi connectivity index (χ0v) is 9.32. The highest BCUT2D eigenvalue weighted by molar-refractivity contribution is 5.69. The monoisotopic (exact) mass is 203 g/mol. The number of hydrogen-bond donors (Lipinski definition) is 1. The molecule has 0 aromatic heterocycles. The summed E-state index contributed by atoms with van der Waals surface area (Å²) in [6.07, 6.45) is 1.02. The minimum atomic E-state index is -0.773. The number of carboxylic acid groups (broad SMARTS) is 1. The van der Waals surface area contributed by atoms with Gasteiger partial charge < -0.3 is 9.84 Å². The van der Waals surface area contributed by atoms with E-state index >= 15 is 0 Å². The number of rotatable bonds is 8. The molecule has 0 unspecified atom stereocenters. The van der Waals surface area contributed by atoms with Gasteiger partial charge in [-0.1, -0.05) is 13.8 Å². The molecular formula is C10H21NO3. The molecule has 0 saturated heterocycles. The Morgan fingerprint density at radius 3 is 2.50 bits per heavy atom. The van der Waals surface area contributed by atoms with Crippen LogP contribution >= 0.6 is 0 Å². The molecule has 0 aromatic carbocycles. The van der Waals surface area contributed by atoms with Crippen LogP contribution in [0, 0.1) is 5.92 Å². The summed E-state index contributed by atoms with van der Waals surface area (Å²) in [7, 11) is 1.63. The van der Waals surface area contributed by atoms with E-state index in [9.17, 15) is 4.79 Å². The van der Waals surface area contributed by atoms with Crippen LogP contribution in [0.5, 0.6) is 0 Å². The van der Waals surface area contributed by atoms with E-state index in [0.29, 0.717) is 19.1 Å². The summed E-state index contributed by atoms with van der Waals surface area (Å²) in [5.41, 5.74) is 0. The lowest BCUT2D eigenvalue weighted by Gasteiger charge is -2.20. The van der Waals surface area contributed by atoms with Gasteiger partial charge >= 0.3 is 5.97 Å². The summed E-state index contributed by atoms with van der Waals surface area (Å²) in [5.74, 6) is -0.168. The van der Waals surface area contributed by atoms with Crippen molar-refractivity contribution in [1.82, 2.24) is 4.90 Å². The molecule has 0 bridgehead atoms. The maximum atomic E-state index is 10.5. The van der Waals surface area contributed by atoms with Gasteiger partial charge in [0.15, 0.2) is 0 Å². The molecule has 0 fully saturated rings. The molecule has 0 aliphatic carbocycles. The summed E-state index contributed by atoms with van der Waals surface area (Å²) < 4.78 is 4.93. The third kappa shape index (κ3) is 8.01. The molecule has 0 aliphatic rings. The van der Waals surface area contributed by atoms with Crippen molar-refractivity contribution in [2.75, 3.05) is 33.4 Å². The molecule has 0 radical (unpaired) electrons. The quantitative estimate of drug-likeness (QED) is 0.641. The normalized spacial score (nSPS) is 11.2. The Balaban J connectivity index is 3.78. The van der Waals surface area contributed by atoms with Crippen LogP contribution in [0.3, 0.4) is 0 Å². The first-order valence-corrected chi connectivity index (χ1v) is 4.99. The van der Waals surface area contributed by atoms with Crippen LogP contribution in [-0.2, 0) is 9.53 Å². The average Bonchev–Trinajstić information content (AvgIpc) is 2.09. The van der Waals surface area contributed by atoms with Gasteiger partial charge in [0.1, 0.15) is 0 Å². The molecule has 0 atom stereocenters. The van der Waals surface area contributed by atoms with E-state index in [1.54, 1.807) is 7.11 Å². The van der Waals surface area contributed by atoms with Crippen LogP contribution in [0.2, 0.25) is 0 Å². The Labute approximate surface area is 85.9 Å². The lowest BCUT2D eigenvalue weighted by Crippen LogP contribution is -2.34. The molecule has 0 amide bonds. The lowest BCUT2D eigenvalue weighted by atomic mass is 10.1.